The number of nitrogens with one attached hydrogen (secondary N) is 1. The molecule has 15 heavy (non-hydrogen) atoms. The molecule has 0 fully saturated rings. The Balaban J connectivity index is 2.31. The summed E-state index contributed by atoms with van der Waals surface area (Å²) < 4.78 is 14.1. The Kier molecular flexibility index (Phi) is 2.97. The topological polar surface area (TPSA) is 37.8 Å². The van der Waals surface area contributed by atoms with Crippen LogP contribution in [0.4, 0.5) is 15.2 Å². The summed E-state index contributed by atoms with van der Waals surface area (Å²) in [5, 5.41) is 11.1. The first kappa shape index (κ1) is 10.5. The molecule has 6 heteroatoms. The van der Waals surface area contributed by atoms with Crippen LogP contribution in [0.2, 0.25) is 0 Å². The van der Waals surface area contributed by atoms with Gasteiger partial charge in [0.05, 0.1) is 5.69 Å². The number of para-hydroxylation sites is 1. The predicted molar refractivity (Wildman–Crippen MR) is 62.0 cm³/mol. The van der Waals surface area contributed by atoms with Crippen LogP contribution in [0.25, 0.3) is 0 Å². The highest BCUT2D eigenvalue weighted by Gasteiger charge is 2.08. The van der Waals surface area contributed by atoms with Gasteiger partial charge in [0.1, 0.15) is 5.82 Å². The van der Waals surface area contributed by atoms with E-state index in [-0.39, 0.29) is 5.82 Å². The molecule has 0 saturated carbocycles. The predicted octanol–water partition coefficient (Wildman–Crippen LogP) is 3.49. The molecule has 1 N–H and O–H groups in total. The molecule has 78 valence electrons. The Labute approximate surface area is 98.5 Å². The first-order valence-corrected chi connectivity index (χ1v) is 5.79. The lowest BCUT2D eigenvalue weighted by Crippen LogP contribution is -1.95. The maximum absolute atomic E-state index is 13.4. The van der Waals surface area contributed by atoms with E-state index in [1.165, 1.54) is 17.4 Å². The van der Waals surface area contributed by atoms with E-state index >= 15 is 0 Å². The Morgan fingerprint density at radius 2 is 2.20 bits per heavy atom. The number of nitrogens with zero attached hydrogens (tertiary/aromatic N) is 2. The molecule has 0 atom stereocenters. The minimum Gasteiger partial charge on any atom is -0.327 e. The van der Waals surface area contributed by atoms with Crippen LogP contribution in [0.15, 0.2) is 22.1 Å². The van der Waals surface area contributed by atoms with Crippen LogP contribution in [0, 0.1) is 12.7 Å². The Bertz CT molecular complexity index is 466. The quantitative estimate of drug-likeness (QED) is 0.919. The van der Waals surface area contributed by atoms with Gasteiger partial charge >= 0.3 is 0 Å². The van der Waals surface area contributed by atoms with E-state index in [0.29, 0.717) is 14.7 Å². The van der Waals surface area contributed by atoms with Crippen LogP contribution in [-0.2, 0) is 0 Å². The molecule has 3 nitrogen and oxygen atoms in total. The normalized spacial score (nSPS) is 10.3. The van der Waals surface area contributed by atoms with Crippen molar-refractivity contribution in [3.05, 3.63) is 33.5 Å². The van der Waals surface area contributed by atoms with Crippen molar-refractivity contribution in [2.24, 2.45) is 0 Å². The van der Waals surface area contributed by atoms with Crippen LogP contribution >= 0.6 is 27.3 Å². The third-order valence-electron chi connectivity index (χ3n) is 1.85. The van der Waals surface area contributed by atoms with Crippen molar-refractivity contribution in [1.29, 1.82) is 0 Å². The average Bonchev–Trinajstić information content (AvgIpc) is 2.58. The molecule has 0 aliphatic rings. The molecule has 2 rings (SSSR count). The molecular weight excluding hydrogens is 281 g/mol. The maximum atomic E-state index is 13.4. The summed E-state index contributed by atoms with van der Waals surface area (Å²) >= 11 is 4.51. The highest BCUT2D eigenvalue weighted by Crippen LogP contribution is 2.27. The van der Waals surface area contributed by atoms with E-state index in [2.05, 4.69) is 31.4 Å². The Hall–Kier alpha value is -1.01. The molecule has 0 radical (unpaired) electrons. The van der Waals surface area contributed by atoms with Gasteiger partial charge < -0.3 is 5.32 Å². The third-order valence-corrected chi connectivity index (χ3v) is 3.13. The van der Waals surface area contributed by atoms with Gasteiger partial charge in [0.25, 0.3) is 0 Å². The number of benzene rings is 1. The van der Waals surface area contributed by atoms with E-state index in [0.717, 1.165) is 5.56 Å². The smallest absolute Gasteiger partial charge is 0.210 e. The highest BCUT2D eigenvalue weighted by molar-refractivity contribution is 9.11. The Morgan fingerprint density at radius 3 is 2.80 bits per heavy atom. The fourth-order valence-corrected chi connectivity index (χ4v) is 2.17. The van der Waals surface area contributed by atoms with Crippen molar-refractivity contribution in [2.75, 3.05) is 5.32 Å². The van der Waals surface area contributed by atoms with Crippen LogP contribution in [0.3, 0.4) is 0 Å². The lowest BCUT2D eigenvalue weighted by molar-refractivity contribution is 0.631. The number of anilines is 2. The van der Waals surface area contributed by atoms with Crippen molar-refractivity contribution in [1.82, 2.24) is 10.2 Å². The summed E-state index contributed by atoms with van der Waals surface area (Å²) in [6.07, 6.45) is 0. The molecule has 2 aromatic rings. The first-order chi connectivity index (χ1) is 7.16. The van der Waals surface area contributed by atoms with Crippen molar-refractivity contribution < 1.29 is 4.39 Å². The zero-order valence-corrected chi connectivity index (χ0v) is 10.2. The molecule has 1 aromatic carbocycles. The third kappa shape index (κ3) is 2.32. The monoisotopic (exact) mass is 287 g/mol. The van der Waals surface area contributed by atoms with E-state index in [1.807, 2.05) is 13.0 Å². The summed E-state index contributed by atoms with van der Waals surface area (Å²) in [7, 11) is 0. The average molecular weight is 288 g/mol. The lowest BCUT2D eigenvalue weighted by atomic mass is 10.2. The molecule has 0 spiro atoms. The molecule has 0 unspecified atom stereocenters. The standard InChI is InChI=1S/C9H7BrFN3S/c1-5-3-2-4-6(11)7(5)12-9-14-13-8(10)15-9/h2-4H,1H3,(H,12,14). The van der Waals surface area contributed by atoms with Crippen LogP contribution in [-0.4, -0.2) is 10.2 Å². The largest absolute Gasteiger partial charge is 0.327 e. The number of aromatic nitrogens is 2. The number of hydrogen-bond acceptors (Lipinski definition) is 4. The van der Waals surface area contributed by atoms with Gasteiger partial charge in [-0.25, -0.2) is 4.39 Å². The molecule has 0 aliphatic carbocycles. The summed E-state index contributed by atoms with van der Waals surface area (Å²) in [5.74, 6) is -0.290. The molecular formula is C9H7BrFN3S. The van der Waals surface area contributed by atoms with E-state index < -0.39 is 0 Å². The summed E-state index contributed by atoms with van der Waals surface area (Å²) in [5.41, 5.74) is 1.28. The van der Waals surface area contributed by atoms with Gasteiger partial charge in [-0.15, -0.1) is 10.2 Å². The van der Waals surface area contributed by atoms with Crippen LogP contribution in [0.5, 0.6) is 0 Å². The van der Waals surface area contributed by atoms with Gasteiger partial charge in [0, 0.05) is 0 Å². The van der Waals surface area contributed by atoms with Crippen LogP contribution < -0.4 is 5.32 Å². The molecule has 0 amide bonds. The zero-order valence-electron chi connectivity index (χ0n) is 7.79. The van der Waals surface area contributed by atoms with Gasteiger partial charge in [-0.1, -0.05) is 23.5 Å². The second-order valence-electron chi connectivity index (χ2n) is 2.92. The SMILES string of the molecule is Cc1cccc(F)c1Nc1nnc(Br)s1. The van der Waals surface area contributed by atoms with Crippen molar-refractivity contribution in [2.45, 2.75) is 6.92 Å². The molecule has 1 heterocycles. The van der Waals surface area contributed by atoms with Crippen LogP contribution in [0.1, 0.15) is 5.56 Å². The number of rotatable bonds is 2. The van der Waals surface area contributed by atoms with E-state index in [4.69, 9.17) is 0 Å². The minimum absolute atomic E-state index is 0.290. The van der Waals surface area contributed by atoms with Gasteiger partial charge in [-0.3, -0.25) is 0 Å². The summed E-state index contributed by atoms with van der Waals surface area (Å²) in [6.45, 7) is 1.83. The summed E-state index contributed by atoms with van der Waals surface area (Å²) in [4.78, 5) is 0. The van der Waals surface area contributed by atoms with Gasteiger partial charge in [-0.05, 0) is 34.5 Å². The minimum atomic E-state index is -0.290. The molecule has 0 saturated heterocycles. The summed E-state index contributed by atoms with van der Waals surface area (Å²) in [6, 6.07) is 4.92. The Morgan fingerprint density at radius 1 is 1.40 bits per heavy atom. The highest BCUT2D eigenvalue weighted by atomic mass is 79.9. The fraction of sp³-hybridized carbons (Fsp3) is 0.111. The molecule has 0 aliphatic heterocycles. The molecule has 0 bridgehead atoms. The number of hydrogen-bond donors (Lipinski definition) is 1. The van der Waals surface area contributed by atoms with Crippen molar-refractivity contribution in [3.63, 3.8) is 0 Å². The molecule has 1 aromatic heterocycles. The van der Waals surface area contributed by atoms with E-state index in [9.17, 15) is 4.39 Å². The first-order valence-electron chi connectivity index (χ1n) is 4.18. The van der Waals surface area contributed by atoms with Crippen molar-refractivity contribution >= 4 is 38.1 Å². The van der Waals surface area contributed by atoms with Gasteiger partial charge in [-0.2, -0.15) is 0 Å². The van der Waals surface area contributed by atoms with E-state index in [1.54, 1.807) is 6.07 Å². The second kappa shape index (κ2) is 4.24. The maximum Gasteiger partial charge on any atom is 0.210 e. The zero-order chi connectivity index (χ0) is 10.8. The second-order valence-corrected chi connectivity index (χ2v) is 5.17. The fourth-order valence-electron chi connectivity index (χ4n) is 1.15. The lowest BCUT2D eigenvalue weighted by Gasteiger charge is -2.06. The van der Waals surface area contributed by atoms with Gasteiger partial charge in [0.15, 0.2) is 3.92 Å². The van der Waals surface area contributed by atoms with Crippen molar-refractivity contribution in [3.8, 4) is 0 Å². The number of aryl methyl sites for hydroxylation is 1. The van der Waals surface area contributed by atoms with Gasteiger partial charge in [0.2, 0.25) is 5.13 Å². The number of halogens is 2.